The summed E-state index contributed by atoms with van der Waals surface area (Å²) >= 11 is 0. The lowest BCUT2D eigenvalue weighted by molar-refractivity contribution is -0.154. The van der Waals surface area contributed by atoms with E-state index in [1.807, 2.05) is 0 Å². The van der Waals surface area contributed by atoms with Crippen molar-refractivity contribution in [2.45, 2.75) is 83.4 Å². The molecule has 1 rings (SSSR count). The molecule has 25 heavy (non-hydrogen) atoms. The number of carbonyl (C=O) groups is 2. The number of ether oxygens (including phenoxy) is 1. The van der Waals surface area contributed by atoms with E-state index in [1.165, 1.54) is 6.42 Å². The van der Waals surface area contributed by atoms with Crippen LogP contribution >= 0.6 is 0 Å². The van der Waals surface area contributed by atoms with Gasteiger partial charge in [-0.2, -0.15) is 0 Å². The fourth-order valence-corrected chi connectivity index (χ4v) is 13.5. The van der Waals surface area contributed by atoms with Crippen LogP contribution in [0.25, 0.3) is 0 Å². The first-order valence-corrected chi connectivity index (χ1v) is 15.6. The number of esters is 1. The number of hydrogen-bond donors (Lipinski definition) is 1. The van der Waals surface area contributed by atoms with E-state index in [0.717, 1.165) is 37.8 Å². The largest absolute Gasteiger partial charge is 0.478 e. The lowest BCUT2D eigenvalue weighted by Crippen LogP contribution is -2.65. The Bertz CT molecular complexity index is 504. The average Bonchev–Trinajstić information content (AvgIpc) is 2.49. The zero-order valence-corrected chi connectivity index (χ0v) is 18.6. The monoisotopic (exact) mass is 386 g/mol. The van der Waals surface area contributed by atoms with Crippen molar-refractivity contribution in [1.29, 1.82) is 0 Å². The maximum atomic E-state index is 12.4. The first-order chi connectivity index (χ1) is 11.4. The van der Waals surface area contributed by atoms with Crippen LogP contribution in [0.2, 0.25) is 32.7 Å². The van der Waals surface area contributed by atoms with Gasteiger partial charge in [-0.25, -0.2) is 9.59 Å². The summed E-state index contributed by atoms with van der Waals surface area (Å²) in [4.78, 5) is 23.1. The molecule has 1 unspecified atom stereocenters. The van der Waals surface area contributed by atoms with E-state index in [9.17, 15) is 9.59 Å². The van der Waals surface area contributed by atoms with Gasteiger partial charge in [-0.1, -0.05) is 26.2 Å². The lowest BCUT2D eigenvalue weighted by Gasteiger charge is -2.51. The van der Waals surface area contributed by atoms with Crippen LogP contribution in [0.1, 0.15) is 45.4 Å². The SMILES string of the molecule is CCC(OC(=O)C=CC(=O)O)(C1CCCCC1)[Si](C)(C)O[Si](C)(C)C. The van der Waals surface area contributed by atoms with Gasteiger partial charge in [-0.15, -0.1) is 0 Å². The highest BCUT2D eigenvalue weighted by molar-refractivity contribution is 6.85. The van der Waals surface area contributed by atoms with Crippen LogP contribution in [0.5, 0.6) is 0 Å². The van der Waals surface area contributed by atoms with Gasteiger partial charge < -0.3 is 14.0 Å². The molecule has 144 valence electrons. The first kappa shape index (κ1) is 22.1. The molecule has 5 nitrogen and oxygen atoms in total. The third kappa shape index (κ3) is 6.07. The Kier molecular flexibility index (Phi) is 7.64. The van der Waals surface area contributed by atoms with Crippen LogP contribution in [0.3, 0.4) is 0 Å². The lowest BCUT2D eigenvalue weighted by atomic mass is 9.83. The minimum Gasteiger partial charge on any atom is -0.478 e. The van der Waals surface area contributed by atoms with Crippen LogP contribution in [0.15, 0.2) is 12.2 Å². The average molecular weight is 387 g/mol. The molecule has 1 aliphatic carbocycles. The van der Waals surface area contributed by atoms with Gasteiger partial charge in [0.1, 0.15) is 5.22 Å². The van der Waals surface area contributed by atoms with E-state index in [0.29, 0.717) is 6.42 Å². The zero-order chi connectivity index (χ0) is 19.3. The second-order valence-corrected chi connectivity index (χ2v) is 17.3. The zero-order valence-electron chi connectivity index (χ0n) is 16.6. The van der Waals surface area contributed by atoms with E-state index >= 15 is 0 Å². The normalized spacial score (nSPS) is 19.6. The summed E-state index contributed by atoms with van der Waals surface area (Å²) in [5, 5.41) is 8.16. The van der Waals surface area contributed by atoms with Crippen molar-refractivity contribution < 1.29 is 23.5 Å². The highest BCUT2D eigenvalue weighted by Crippen LogP contribution is 2.44. The maximum absolute atomic E-state index is 12.4. The van der Waals surface area contributed by atoms with Crippen molar-refractivity contribution in [2.75, 3.05) is 0 Å². The summed E-state index contributed by atoms with van der Waals surface area (Å²) in [6.07, 6.45) is 8.16. The molecule has 1 N–H and O–H groups in total. The van der Waals surface area contributed by atoms with Gasteiger partial charge in [0.15, 0.2) is 8.32 Å². The quantitative estimate of drug-likeness (QED) is 0.378. The Morgan fingerprint density at radius 2 is 1.64 bits per heavy atom. The molecular weight excluding hydrogens is 352 g/mol. The van der Waals surface area contributed by atoms with Crippen LogP contribution in [0.4, 0.5) is 0 Å². The van der Waals surface area contributed by atoms with E-state index in [1.54, 1.807) is 0 Å². The molecule has 1 saturated carbocycles. The number of rotatable bonds is 8. The van der Waals surface area contributed by atoms with Gasteiger partial charge in [0, 0.05) is 12.2 Å². The molecule has 0 aliphatic heterocycles. The topological polar surface area (TPSA) is 72.8 Å². The Morgan fingerprint density at radius 3 is 2.08 bits per heavy atom. The number of carboxylic acid groups (broad SMARTS) is 1. The molecule has 0 radical (unpaired) electrons. The van der Waals surface area contributed by atoms with Gasteiger partial charge in [0.2, 0.25) is 8.32 Å². The molecule has 0 heterocycles. The second kappa shape index (κ2) is 8.64. The van der Waals surface area contributed by atoms with Crippen LogP contribution < -0.4 is 0 Å². The first-order valence-electron chi connectivity index (χ1n) is 9.27. The van der Waals surface area contributed by atoms with Crippen LogP contribution in [-0.2, 0) is 18.4 Å². The Balaban J connectivity index is 3.22. The standard InChI is InChI=1S/C18H34O5Si2/c1-7-18(15-11-9-8-10-12-15,22-17(21)14-13-16(19)20)25(5,6)23-24(2,3)4/h13-15H,7-12H2,1-6H3,(H,19,20). The predicted molar refractivity (Wildman–Crippen MR) is 104 cm³/mol. The minimum atomic E-state index is -2.39. The minimum absolute atomic E-state index is 0.284. The van der Waals surface area contributed by atoms with E-state index in [4.69, 9.17) is 14.0 Å². The Hall–Kier alpha value is -0.926. The Labute approximate surface area is 154 Å². The van der Waals surface area contributed by atoms with Crippen molar-refractivity contribution in [3.05, 3.63) is 12.2 Å². The number of aliphatic carboxylic acids is 1. The summed E-state index contributed by atoms with van der Waals surface area (Å²) in [7, 11) is -4.20. The number of carbonyl (C=O) groups excluding carboxylic acids is 1. The molecular formula is C18H34O5Si2. The van der Waals surface area contributed by atoms with Crippen molar-refractivity contribution >= 4 is 28.6 Å². The maximum Gasteiger partial charge on any atom is 0.331 e. The fourth-order valence-electron chi connectivity index (χ4n) is 4.26. The predicted octanol–water partition coefficient (Wildman–Crippen LogP) is 4.50. The highest BCUT2D eigenvalue weighted by atomic mass is 28.4. The highest BCUT2D eigenvalue weighted by Gasteiger charge is 2.56. The molecule has 1 aliphatic rings. The van der Waals surface area contributed by atoms with Gasteiger partial charge >= 0.3 is 11.9 Å². The second-order valence-electron chi connectivity index (χ2n) is 8.40. The summed E-state index contributed by atoms with van der Waals surface area (Å²) in [5.74, 6) is -1.44. The van der Waals surface area contributed by atoms with Gasteiger partial charge in [0.05, 0.1) is 0 Å². The number of hydrogen-bond acceptors (Lipinski definition) is 4. The molecule has 0 aromatic heterocycles. The van der Waals surface area contributed by atoms with Gasteiger partial charge in [0.25, 0.3) is 0 Å². The molecule has 1 atom stereocenters. The van der Waals surface area contributed by atoms with E-state index in [-0.39, 0.29) is 5.92 Å². The third-order valence-corrected chi connectivity index (χ3v) is 12.4. The van der Waals surface area contributed by atoms with Crippen molar-refractivity contribution in [2.24, 2.45) is 5.92 Å². The molecule has 0 aromatic rings. The van der Waals surface area contributed by atoms with Gasteiger partial charge in [-0.05, 0) is 57.9 Å². The van der Waals surface area contributed by atoms with E-state index in [2.05, 4.69) is 39.7 Å². The van der Waals surface area contributed by atoms with Crippen LogP contribution in [-0.4, -0.2) is 38.9 Å². The smallest absolute Gasteiger partial charge is 0.331 e. The van der Waals surface area contributed by atoms with E-state index < -0.39 is 33.8 Å². The van der Waals surface area contributed by atoms with Crippen molar-refractivity contribution in [3.63, 3.8) is 0 Å². The van der Waals surface area contributed by atoms with Gasteiger partial charge in [-0.3, -0.25) is 0 Å². The summed E-state index contributed by atoms with van der Waals surface area (Å²) in [6, 6.07) is 0. The summed E-state index contributed by atoms with van der Waals surface area (Å²) in [5.41, 5.74) is 0. The fraction of sp³-hybridized carbons (Fsp3) is 0.778. The molecule has 0 saturated heterocycles. The molecule has 0 bridgehead atoms. The third-order valence-electron chi connectivity index (χ3n) is 5.02. The molecule has 0 aromatic carbocycles. The summed E-state index contributed by atoms with van der Waals surface area (Å²) < 4.78 is 12.7. The molecule has 0 amide bonds. The molecule has 7 heteroatoms. The molecule has 0 spiro atoms. The number of carboxylic acids is 1. The van der Waals surface area contributed by atoms with Crippen molar-refractivity contribution in [1.82, 2.24) is 0 Å². The summed E-state index contributed by atoms with van der Waals surface area (Å²) in [6.45, 7) is 12.8. The Morgan fingerprint density at radius 1 is 1.08 bits per heavy atom. The van der Waals surface area contributed by atoms with Crippen molar-refractivity contribution in [3.8, 4) is 0 Å². The van der Waals surface area contributed by atoms with Crippen LogP contribution in [0, 0.1) is 5.92 Å². The molecule has 1 fully saturated rings.